The summed E-state index contributed by atoms with van der Waals surface area (Å²) < 4.78 is 2.19. The van der Waals surface area contributed by atoms with Crippen LogP contribution in [0.25, 0.3) is 10.2 Å². The number of benzene rings is 1. The molecule has 4 heteroatoms. The Labute approximate surface area is 107 Å². The van der Waals surface area contributed by atoms with E-state index in [1.165, 1.54) is 0 Å². The monoisotopic (exact) mass is 299 g/mol. The van der Waals surface area contributed by atoms with Gasteiger partial charge in [-0.15, -0.1) is 11.3 Å². The van der Waals surface area contributed by atoms with Crippen LogP contribution in [0.15, 0.2) is 22.7 Å². The van der Waals surface area contributed by atoms with Gasteiger partial charge < -0.3 is 5.11 Å². The van der Waals surface area contributed by atoms with Gasteiger partial charge in [0.25, 0.3) is 0 Å². The Morgan fingerprint density at radius 3 is 2.75 bits per heavy atom. The van der Waals surface area contributed by atoms with Crippen LogP contribution in [-0.2, 0) is 5.41 Å². The van der Waals surface area contributed by atoms with Crippen molar-refractivity contribution in [2.45, 2.75) is 32.3 Å². The maximum absolute atomic E-state index is 9.77. The highest BCUT2D eigenvalue weighted by Crippen LogP contribution is 2.34. The van der Waals surface area contributed by atoms with Crippen molar-refractivity contribution in [3.63, 3.8) is 0 Å². The Hall–Kier alpha value is -0.450. The Morgan fingerprint density at radius 2 is 2.12 bits per heavy atom. The van der Waals surface area contributed by atoms with Crippen LogP contribution < -0.4 is 0 Å². The first-order chi connectivity index (χ1) is 7.41. The van der Waals surface area contributed by atoms with Crippen molar-refractivity contribution in [2.75, 3.05) is 0 Å². The third-order valence-electron chi connectivity index (χ3n) is 2.95. The van der Waals surface area contributed by atoms with Crippen molar-refractivity contribution in [1.29, 1.82) is 0 Å². The molecule has 86 valence electrons. The van der Waals surface area contributed by atoms with Crippen molar-refractivity contribution >= 4 is 37.5 Å². The highest BCUT2D eigenvalue weighted by atomic mass is 79.9. The third-order valence-corrected chi connectivity index (χ3v) is 4.81. The lowest BCUT2D eigenvalue weighted by molar-refractivity contribution is 0.118. The molecule has 0 fully saturated rings. The average Bonchev–Trinajstić information content (AvgIpc) is 2.60. The Balaban J connectivity index is 2.55. The van der Waals surface area contributed by atoms with E-state index >= 15 is 0 Å². The minimum absolute atomic E-state index is 0.295. The number of aliphatic hydroxyl groups excluding tert-OH is 1. The summed E-state index contributed by atoms with van der Waals surface area (Å²) in [6.07, 6.45) is -0.406. The van der Waals surface area contributed by atoms with Gasteiger partial charge in [-0.05, 0) is 25.1 Å². The van der Waals surface area contributed by atoms with E-state index in [9.17, 15) is 5.11 Å². The van der Waals surface area contributed by atoms with Gasteiger partial charge in [0.1, 0.15) is 5.01 Å². The number of hydrogen-bond donors (Lipinski definition) is 1. The molecule has 0 aliphatic carbocycles. The molecule has 0 radical (unpaired) electrons. The molecule has 2 rings (SSSR count). The van der Waals surface area contributed by atoms with Crippen LogP contribution >= 0.6 is 27.3 Å². The number of rotatable bonds is 2. The second kappa shape index (κ2) is 4.09. The van der Waals surface area contributed by atoms with Gasteiger partial charge in [0.15, 0.2) is 0 Å². The van der Waals surface area contributed by atoms with Crippen LogP contribution in [0.1, 0.15) is 25.8 Å². The van der Waals surface area contributed by atoms with Gasteiger partial charge >= 0.3 is 0 Å². The topological polar surface area (TPSA) is 33.1 Å². The van der Waals surface area contributed by atoms with Gasteiger partial charge in [-0.3, -0.25) is 0 Å². The normalized spacial score (nSPS) is 14.3. The smallest absolute Gasteiger partial charge is 0.102 e. The van der Waals surface area contributed by atoms with Crippen LogP contribution in [0.5, 0.6) is 0 Å². The predicted molar refractivity (Wildman–Crippen MR) is 72.0 cm³/mol. The first-order valence-corrected chi connectivity index (χ1v) is 6.77. The van der Waals surface area contributed by atoms with Crippen molar-refractivity contribution in [3.05, 3.63) is 27.7 Å². The molecule has 0 aliphatic heterocycles. The fraction of sp³-hybridized carbons (Fsp3) is 0.417. The summed E-state index contributed by atoms with van der Waals surface area (Å²) >= 11 is 5.09. The molecule has 0 amide bonds. The number of fused-ring (bicyclic) bond motifs is 1. The quantitative estimate of drug-likeness (QED) is 0.917. The number of aromatic nitrogens is 1. The van der Waals surface area contributed by atoms with E-state index in [0.717, 1.165) is 19.7 Å². The van der Waals surface area contributed by atoms with E-state index < -0.39 is 6.10 Å². The zero-order chi connectivity index (χ0) is 11.9. The molecule has 0 bridgehead atoms. The highest BCUT2D eigenvalue weighted by Gasteiger charge is 2.30. The molecule has 2 nitrogen and oxygen atoms in total. The molecule has 1 N–H and O–H groups in total. The van der Waals surface area contributed by atoms with E-state index in [0.29, 0.717) is 0 Å². The van der Waals surface area contributed by atoms with Gasteiger partial charge in [0.2, 0.25) is 0 Å². The Kier molecular flexibility index (Phi) is 3.07. The van der Waals surface area contributed by atoms with Crippen molar-refractivity contribution in [3.8, 4) is 0 Å². The van der Waals surface area contributed by atoms with Crippen molar-refractivity contribution < 1.29 is 5.11 Å². The summed E-state index contributed by atoms with van der Waals surface area (Å²) in [5, 5.41) is 10.8. The molecule has 1 heterocycles. The second-order valence-corrected chi connectivity index (χ2v) is 6.48. The number of hydrogen-bond acceptors (Lipinski definition) is 3. The molecule has 0 saturated heterocycles. The summed E-state index contributed by atoms with van der Waals surface area (Å²) in [5.41, 5.74) is 0.694. The Morgan fingerprint density at radius 1 is 1.44 bits per heavy atom. The van der Waals surface area contributed by atoms with E-state index in [-0.39, 0.29) is 5.41 Å². The third kappa shape index (κ3) is 2.01. The molecule has 0 spiro atoms. The van der Waals surface area contributed by atoms with Crippen LogP contribution in [0, 0.1) is 0 Å². The van der Waals surface area contributed by atoms with Crippen molar-refractivity contribution in [2.24, 2.45) is 0 Å². The zero-order valence-electron chi connectivity index (χ0n) is 9.49. The fourth-order valence-corrected chi connectivity index (χ4v) is 2.84. The van der Waals surface area contributed by atoms with E-state index in [2.05, 4.69) is 27.0 Å². The first-order valence-electron chi connectivity index (χ1n) is 5.16. The minimum atomic E-state index is -0.406. The molecule has 1 aromatic heterocycles. The molecule has 1 aromatic carbocycles. The van der Waals surface area contributed by atoms with Crippen molar-refractivity contribution in [1.82, 2.24) is 4.98 Å². The molecule has 2 aromatic rings. The molecule has 1 atom stereocenters. The maximum atomic E-state index is 9.77. The first kappa shape index (κ1) is 12.0. The molecular formula is C12H14BrNOS. The number of halogens is 1. The SMILES string of the molecule is CC(O)C(C)(C)c1nc2cc(Br)ccc2s1. The average molecular weight is 300 g/mol. The lowest BCUT2D eigenvalue weighted by Crippen LogP contribution is -2.30. The minimum Gasteiger partial charge on any atom is -0.392 e. The van der Waals surface area contributed by atoms with Gasteiger partial charge in [0.05, 0.1) is 16.3 Å². The van der Waals surface area contributed by atoms with E-state index in [4.69, 9.17) is 0 Å². The van der Waals surface area contributed by atoms with E-state index in [1.807, 2.05) is 32.9 Å². The van der Waals surface area contributed by atoms with Gasteiger partial charge in [-0.2, -0.15) is 0 Å². The van der Waals surface area contributed by atoms with Gasteiger partial charge in [0, 0.05) is 9.89 Å². The second-order valence-electron chi connectivity index (χ2n) is 4.53. The lowest BCUT2D eigenvalue weighted by atomic mass is 9.88. The summed E-state index contributed by atoms with van der Waals surface area (Å²) in [4.78, 5) is 4.60. The summed E-state index contributed by atoms with van der Waals surface area (Å²) in [7, 11) is 0. The fourth-order valence-electron chi connectivity index (χ4n) is 1.35. The van der Waals surface area contributed by atoms with Gasteiger partial charge in [-0.1, -0.05) is 29.8 Å². The predicted octanol–water partition coefficient (Wildman–Crippen LogP) is 3.72. The number of thiazole rings is 1. The van der Waals surface area contributed by atoms with Gasteiger partial charge in [-0.25, -0.2) is 4.98 Å². The highest BCUT2D eigenvalue weighted by molar-refractivity contribution is 9.10. The summed E-state index contributed by atoms with van der Waals surface area (Å²) in [6, 6.07) is 6.08. The standard InChI is InChI=1S/C12H14BrNOS/c1-7(15)12(2,3)11-14-9-6-8(13)4-5-10(9)16-11/h4-7,15H,1-3H3. The molecule has 16 heavy (non-hydrogen) atoms. The molecular weight excluding hydrogens is 286 g/mol. The summed E-state index contributed by atoms with van der Waals surface area (Å²) in [6.45, 7) is 5.84. The Bertz CT molecular complexity index is 519. The lowest BCUT2D eigenvalue weighted by Gasteiger charge is -2.24. The van der Waals surface area contributed by atoms with E-state index in [1.54, 1.807) is 11.3 Å². The number of aliphatic hydroxyl groups is 1. The molecule has 1 unspecified atom stereocenters. The summed E-state index contributed by atoms with van der Waals surface area (Å²) in [5.74, 6) is 0. The van der Waals surface area contributed by atoms with Crippen LogP contribution in [0.2, 0.25) is 0 Å². The number of nitrogens with zero attached hydrogens (tertiary/aromatic N) is 1. The molecule has 0 aliphatic rings. The molecule has 0 saturated carbocycles. The largest absolute Gasteiger partial charge is 0.392 e. The van der Waals surface area contributed by atoms with Crippen LogP contribution in [-0.4, -0.2) is 16.2 Å². The van der Waals surface area contributed by atoms with Crippen LogP contribution in [0.4, 0.5) is 0 Å². The van der Waals surface area contributed by atoms with Crippen LogP contribution in [0.3, 0.4) is 0 Å². The maximum Gasteiger partial charge on any atom is 0.102 e. The zero-order valence-corrected chi connectivity index (χ0v) is 11.9.